The number of ether oxygens (including phenoxy) is 2. The number of rotatable bonds is 7. The lowest BCUT2D eigenvalue weighted by molar-refractivity contribution is -0.120. The third-order valence-electron chi connectivity index (χ3n) is 6.10. The van der Waals surface area contributed by atoms with Crippen LogP contribution >= 0.6 is 0 Å². The second-order valence-corrected chi connectivity index (χ2v) is 8.07. The van der Waals surface area contributed by atoms with Gasteiger partial charge in [0.2, 0.25) is 0 Å². The first-order valence-electron chi connectivity index (χ1n) is 11.0. The first-order valence-corrected chi connectivity index (χ1v) is 11.0. The monoisotopic (exact) mass is 435 g/mol. The number of fused-ring (bicyclic) bond motifs is 1. The molecule has 0 bridgehead atoms. The molecule has 4 aromatic rings. The van der Waals surface area contributed by atoms with E-state index in [1.165, 1.54) is 0 Å². The molecule has 164 valence electrons. The Labute approximate surface area is 194 Å². The molecule has 4 nitrogen and oxygen atoms in total. The highest BCUT2D eigenvalue weighted by atomic mass is 16.5. The van der Waals surface area contributed by atoms with Crippen LogP contribution in [0.1, 0.15) is 32.6 Å². The quantitative estimate of drug-likeness (QED) is 0.370. The van der Waals surface area contributed by atoms with Gasteiger partial charge in [-0.3, -0.25) is 9.69 Å². The zero-order valence-electron chi connectivity index (χ0n) is 18.5. The molecule has 4 aromatic carbocycles. The van der Waals surface area contributed by atoms with Crippen LogP contribution in [-0.2, 0) is 23.6 Å². The lowest BCUT2D eigenvalue weighted by atomic mass is 9.93. The summed E-state index contributed by atoms with van der Waals surface area (Å²) in [5, 5.41) is 0. The summed E-state index contributed by atoms with van der Waals surface area (Å²) < 4.78 is 12.1. The zero-order valence-corrected chi connectivity index (χ0v) is 18.5. The average molecular weight is 436 g/mol. The van der Waals surface area contributed by atoms with E-state index in [-0.39, 0.29) is 5.91 Å². The third-order valence-corrected chi connectivity index (χ3v) is 6.10. The molecule has 0 spiro atoms. The van der Waals surface area contributed by atoms with Gasteiger partial charge in [0.25, 0.3) is 5.91 Å². The van der Waals surface area contributed by atoms with Crippen LogP contribution in [0.3, 0.4) is 0 Å². The van der Waals surface area contributed by atoms with Gasteiger partial charge >= 0.3 is 0 Å². The van der Waals surface area contributed by atoms with Crippen molar-refractivity contribution in [3.05, 3.63) is 137 Å². The third kappa shape index (κ3) is 3.79. The van der Waals surface area contributed by atoms with E-state index in [1.807, 2.05) is 114 Å². The van der Waals surface area contributed by atoms with Gasteiger partial charge in [-0.25, -0.2) is 0 Å². The number of benzene rings is 4. The van der Waals surface area contributed by atoms with Crippen LogP contribution in [0.25, 0.3) is 0 Å². The van der Waals surface area contributed by atoms with Gasteiger partial charge in [0.05, 0.1) is 13.7 Å². The smallest absolute Gasteiger partial charge is 0.257 e. The van der Waals surface area contributed by atoms with Crippen LogP contribution in [0.15, 0.2) is 109 Å². The Morgan fingerprint density at radius 1 is 0.727 bits per heavy atom. The summed E-state index contributed by atoms with van der Waals surface area (Å²) in [6.45, 7) is 0.775. The van der Waals surface area contributed by atoms with E-state index in [2.05, 4.69) is 0 Å². The minimum absolute atomic E-state index is 0.0342. The maximum atomic E-state index is 13.7. The summed E-state index contributed by atoms with van der Waals surface area (Å²) in [7, 11) is 1.65. The normalized spacial score (nSPS) is 17.1. The number of amides is 1. The maximum Gasteiger partial charge on any atom is 0.257 e. The number of methoxy groups -OCH3 is 1. The number of hydrogen-bond donors (Lipinski definition) is 0. The van der Waals surface area contributed by atoms with Crippen LogP contribution in [0, 0.1) is 0 Å². The van der Waals surface area contributed by atoms with E-state index >= 15 is 0 Å². The first kappa shape index (κ1) is 21.0. The number of nitrogens with zero attached hydrogens (tertiary/aromatic N) is 1. The fourth-order valence-corrected chi connectivity index (χ4v) is 4.47. The van der Waals surface area contributed by atoms with Crippen molar-refractivity contribution in [3.63, 3.8) is 0 Å². The minimum atomic E-state index is -1.04. The second-order valence-electron chi connectivity index (χ2n) is 8.07. The summed E-state index contributed by atoms with van der Waals surface area (Å²) in [6, 6.07) is 35.6. The van der Waals surface area contributed by atoms with Crippen molar-refractivity contribution in [2.75, 3.05) is 7.11 Å². The molecule has 1 aliphatic rings. The highest BCUT2D eigenvalue weighted by Crippen LogP contribution is 2.46. The summed E-state index contributed by atoms with van der Waals surface area (Å²) in [5.74, 6) is 0.761. The summed E-state index contributed by atoms with van der Waals surface area (Å²) in [4.78, 5) is 15.6. The molecule has 0 aromatic heterocycles. The van der Waals surface area contributed by atoms with E-state index in [1.54, 1.807) is 7.11 Å². The molecule has 1 amide bonds. The van der Waals surface area contributed by atoms with Crippen molar-refractivity contribution in [1.29, 1.82) is 0 Å². The molecule has 0 saturated carbocycles. The molecule has 4 heteroatoms. The van der Waals surface area contributed by atoms with Gasteiger partial charge in [-0.05, 0) is 29.3 Å². The fraction of sp³-hybridized carbons (Fsp3) is 0.138. The minimum Gasteiger partial charge on any atom is -0.497 e. The highest BCUT2D eigenvalue weighted by Gasteiger charge is 2.52. The molecule has 1 unspecified atom stereocenters. The molecule has 0 radical (unpaired) electrons. The average Bonchev–Trinajstić information content (AvgIpc) is 3.12. The van der Waals surface area contributed by atoms with Crippen molar-refractivity contribution in [3.8, 4) is 5.75 Å². The Bertz CT molecular complexity index is 1240. The molecule has 0 aliphatic carbocycles. The molecule has 1 heterocycles. The van der Waals surface area contributed by atoms with Crippen molar-refractivity contribution in [2.45, 2.75) is 18.9 Å². The maximum absolute atomic E-state index is 13.7. The molecule has 5 rings (SSSR count). The Kier molecular flexibility index (Phi) is 5.68. The van der Waals surface area contributed by atoms with Gasteiger partial charge in [-0.1, -0.05) is 91.0 Å². The first-order chi connectivity index (χ1) is 16.2. The van der Waals surface area contributed by atoms with E-state index in [4.69, 9.17) is 9.47 Å². The lowest BCUT2D eigenvalue weighted by Gasteiger charge is -2.39. The van der Waals surface area contributed by atoms with Crippen molar-refractivity contribution < 1.29 is 14.3 Å². The Hall–Kier alpha value is -3.89. The van der Waals surface area contributed by atoms with Crippen molar-refractivity contribution in [1.82, 2.24) is 4.90 Å². The highest BCUT2D eigenvalue weighted by molar-refractivity contribution is 6.00. The number of hydrogen-bond acceptors (Lipinski definition) is 3. The molecule has 33 heavy (non-hydrogen) atoms. The predicted molar refractivity (Wildman–Crippen MR) is 128 cm³/mol. The van der Waals surface area contributed by atoms with Gasteiger partial charge in [0, 0.05) is 23.2 Å². The largest absolute Gasteiger partial charge is 0.497 e. The fourth-order valence-electron chi connectivity index (χ4n) is 4.47. The van der Waals surface area contributed by atoms with Crippen molar-refractivity contribution in [2.24, 2.45) is 0 Å². The van der Waals surface area contributed by atoms with Crippen LogP contribution in [0.2, 0.25) is 0 Å². The molecule has 1 atom stereocenters. The topological polar surface area (TPSA) is 38.8 Å². The Balaban J connectivity index is 1.62. The molecular weight excluding hydrogens is 410 g/mol. The van der Waals surface area contributed by atoms with E-state index in [9.17, 15) is 4.79 Å². The van der Waals surface area contributed by atoms with E-state index in [0.717, 1.165) is 28.0 Å². The molecule has 0 saturated heterocycles. The van der Waals surface area contributed by atoms with E-state index in [0.29, 0.717) is 18.7 Å². The summed E-state index contributed by atoms with van der Waals surface area (Å²) in [5.41, 5.74) is 3.48. The number of carbonyl (C=O) groups is 1. The van der Waals surface area contributed by atoms with Crippen LogP contribution in [0.4, 0.5) is 0 Å². The van der Waals surface area contributed by atoms with Gasteiger partial charge in [0.15, 0.2) is 5.72 Å². The molecule has 0 fully saturated rings. The zero-order chi connectivity index (χ0) is 22.7. The summed E-state index contributed by atoms with van der Waals surface area (Å²) >= 11 is 0. The number of carbonyl (C=O) groups excluding carboxylic acids is 1. The molecule has 0 N–H and O–H groups in total. The van der Waals surface area contributed by atoms with Crippen LogP contribution < -0.4 is 4.74 Å². The van der Waals surface area contributed by atoms with Crippen LogP contribution in [-0.4, -0.2) is 17.9 Å². The van der Waals surface area contributed by atoms with Crippen LogP contribution in [0.5, 0.6) is 5.75 Å². The van der Waals surface area contributed by atoms with Gasteiger partial charge < -0.3 is 9.47 Å². The molecular formula is C29H25NO3. The van der Waals surface area contributed by atoms with Gasteiger partial charge in [-0.15, -0.1) is 0 Å². The second kappa shape index (κ2) is 8.93. The van der Waals surface area contributed by atoms with Crippen molar-refractivity contribution >= 4 is 5.91 Å². The predicted octanol–water partition coefficient (Wildman–Crippen LogP) is 5.77. The van der Waals surface area contributed by atoms with Gasteiger partial charge in [0.1, 0.15) is 5.75 Å². The molecule has 1 aliphatic heterocycles. The lowest BCUT2D eigenvalue weighted by Crippen LogP contribution is -2.46. The van der Waals surface area contributed by atoms with E-state index < -0.39 is 5.72 Å². The van der Waals surface area contributed by atoms with Gasteiger partial charge in [-0.2, -0.15) is 0 Å². The standard InChI is InChI=1S/C29H25NO3/c1-32-25-18-16-23(17-19-25)21-33-29(24-12-6-3-7-13-24)27-15-9-8-14-26(27)28(31)30(29)20-22-10-4-2-5-11-22/h2-19H,20-21H2,1H3. The Morgan fingerprint density at radius 2 is 1.36 bits per heavy atom. The summed E-state index contributed by atoms with van der Waals surface area (Å²) in [6.07, 6.45) is 0. The SMILES string of the molecule is COc1ccc(COC2(c3ccccc3)c3ccccc3C(=O)N2Cc2ccccc2)cc1. The Morgan fingerprint density at radius 3 is 2.06 bits per heavy atom.